The van der Waals surface area contributed by atoms with Crippen LogP contribution in [0.2, 0.25) is 5.02 Å². The summed E-state index contributed by atoms with van der Waals surface area (Å²) in [6.45, 7) is 3.60. The Labute approximate surface area is 169 Å². The van der Waals surface area contributed by atoms with E-state index in [9.17, 15) is 4.79 Å². The first-order valence-corrected chi connectivity index (χ1v) is 10.9. The Hall–Kier alpha value is -1.78. The number of halogens is 1. The van der Waals surface area contributed by atoms with Crippen molar-refractivity contribution in [1.82, 2.24) is 9.88 Å². The van der Waals surface area contributed by atoms with Crippen LogP contribution in [0, 0.1) is 0 Å². The third-order valence-corrected chi connectivity index (χ3v) is 6.40. The van der Waals surface area contributed by atoms with Crippen LogP contribution in [0.3, 0.4) is 0 Å². The fraction of sp³-hybridized carbons (Fsp3) is 0.364. The molecule has 2 aromatic rings. The fourth-order valence-electron chi connectivity index (χ4n) is 4.06. The Kier molecular flexibility index (Phi) is 5.55. The van der Waals surface area contributed by atoms with Crippen molar-refractivity contribution in [2.45, 2.75) is 32.6 Å². The molecule has 0 unspecified atom stereocenters. The molecule has 1 aliphatic carbocycles. The zero-order chi connectivity index (χ0) is 18.8. The molecule has 27 heavy (non-hydrogen) atoms. The van der Waals surface area contributed by atoms with Crippen LogP contribution in [-0.4, -0.2) is 34.0 Å². The van der Waals surface area contributed by atoms with Gasteiger partial charge in [-0.15, -0.1) is 0 Å². The van der Waals surface area contributed by atoms with Gasteiger partial charge >= 0.3 is 0 Å². The Morgan fingerprint density at radius 3 is 2.70 bits per heavy atom. The number of aryl methyl sites for hydroxylation is 2. The molecule has 0 N–H and O–H groups in total. The summed E-state index contributed by atoms with van der Waals surface area (Å²) < 4.78 is 0. The van der Waals surface area contributed by atoms with Crippen molar-refractivity contribution in [3.05, 3.63) is 69.5 Å². The number of hydrogen-bond acceptors (Lipinski definition) is 3. The minimum atomic E-state index is 0.202. The minimum Gasteiger partial charge on any atom is -0.333 e. The van der Waals surface area contributed by atoms with Gasteiger partial charge in [0.05, 0.1) is 5.69 Å². The van der Waals surface area contributed by atoms with Crippen molar-refractivity contribution in [1.29, 1.82) is 0 Å². The van der Waals surface area contributed by atoms with E-state index in [0.29, 0.717) is 0 Å². The molecule has 1 aromatic carbocycles. The third-order valence-electron chi connectivity index (χ3n) is 5.37. The van der Waals surface area contributed by atoms with E-state index in [1.807, 2.05) is 30.2 Å². The summed E-state index contributed by atoms with van der Waals surface area (Å²) >= 11 is 7.68. The second kappa shape index (κ2) is 8.07. The largest absolute Gasteiger partial charge is 0.333 e. The second-order valence-corrected chi connectivity index (χ2v) is 8.63. The number of aromatic nitrogens is 1. The van der Waals surface area contributed by atoms with Crippen molar-refractivity contribution in [3.8, 4) is 0 Å². The number of benzene rings is 1. The highest BCUT2D eigenvalue weighted by atomic mass is 35.5. The SMILES string of the molecule is CCSC(=O)N1CCC(=C2c3ccc(Cl)cc3CCc3cccnc32)CC1. The molecular formula is C22H23ClN2OS. The molecule has 1 saturated heterocycles. The fourth-order valence-corrected chi connectivity index (χ4v) is 4.86. The lowest BCUT2D eigenvalue weighted by Gasteiger charge is -2.30. The van der Waals surface area contributed by atoms with Crippen LogP contribution < -0.4 is 0 Å². The number of carbonyl (C=O) groups is 1. The van der Waals surface area contributed by atoms with Crippen LogP contribution in [-0.2, 0) is 12.8 Å². The molecule has 5 heteroatoms. The first-order chi connectivity index (χ1) is 13.2. The Morgan fingerprint density at radius 2 is 1.93 bits per heavy atom. The molecule has 1 fully saturated rings. The highest BCUT2D eigenvalue weighted by Crippen LogP contribution is 2.38. The van der Waals surface area contributed by atoms with Crippen molar-refractivity contribution >= 4 is 34.2 Å². The van der Waals surface area contributed by atoms with Gasteiger partial charge in [-0.05, 0) is 66.3 Å². The maximum Gasteiger partial charge on any atom is 0.281 e. The van der Waals surface area contributed by atoms with Gasteiger partial charge in [-0.3, -0.25) is 9.78 Å². The molecule has 0 saturated carbocycles. The van der Waals surface area contributed by atoms with Crippen LogP contribution in [0.15, 0.2) is 42.1 Å². The van der Waals surface area contributed by atoms with Gasteiger partial charge in [0.15, 0.2) is 0 Å². The maximum atomic E-state index is 12.2. The van der Waals surface area contributed by atoms with Crippen molar-refractivity contribution < 1.29 is 4.79 Å². The van der Waals surface area contributed by atoms with Gasteiger partial charge in [0.2, 0.25) is 0 Å². The molecule has 140 valence electrons. The van der Waals surface area contributed by atoms with Crippen LogP contribution in [0.1, 0.15) is 42.1 Å². The van der Waals surface area contributed by atoms with Gasteiger partial charge in [0.25, 0.3) is 5.24 Å². The molecule has 0 bridgehead atoms. The van der Waals surface area contributed by atoms with E-state index in [2.05, 4.69) is 18.2 Å². The van der Waals surface area contributed by atoms with Crippen LogP contribution in [0.4, 0.5) is 4.79 Å². The predicted molar refractivity (Wildman–Crippen MR) is 113 cm³/mol. The number of thioether (sulfide) groups is 1. The average Bonchev–Trinajstić information content (AvgIpc) is 2.85. The van der Waals surface area contributed by atoms with Crippen LogP contribution >= 0.6 is 23.4 Å². The molecule has 0 spiro atoms. The van der Waals surface area contributed by atoms with Gasteiger partial charge < -0.3 is 4.90 Å². The third kappa shape index (κ3) is 3.78. The van der Waals surface area contributed by atoms with E-state index in [-0.39, 0.29) is 5.24 Å². The predicted octanol–water partition coefficient (Wildman–Crippen LogP) is 5.60. The molecule has 3 nitrogen and oxygen atoms in total. The summed E-state index contributed by atoms with van der Waals surface area (Å²) in [5.74, 6) is 0.828. The standard InChI is InChI=1S/C22H23ClN2OS/c1-2-27-22(26)25-12-9-15(10-13-25)20-19-8-7-18(23)14-17(19)6-5-16-4-3-11-24-21(16)20/h3-4,7-8,11,14H,2,5-6,9-10,12-13H2,1H3. The number of fused-ring (bicyclic) bond motifs is 2. The lowest BCUT2D eigenvalue weighted by molar-refractivity contribution is 0.219. The minimum absolute atomic E-state index is 0.202. The maximum absolute atomic E-state index is 12.2. The molecule has 1 aromatic heterocycles. The first kappa shape index (κ1) is 18.6. The van der Waals surface area contributed by atoms with Crippen molar-refractivity contribution in [3.63, 3.8) is 0 Å². The van der Waals surface area contributed by atoms with E-state index in [4.69, 9.17) is 16.6 Å². The molecule has 1 amide bonds. The van der Waals surface area contributed by atoms with Crippen molar-refractivity contribution in [2.24, 2.45) is 0 Å². The summed E-state index contributed by atoms with van der Waals surface area (Å²) in [5.41, 5.74) is 7.64. The Morgan fingerprint density at radius 1 is 1.15 bits per heavy atom. The average molecular weight is 399 g/mol. The second-order valence-electron chi connectivity index (χ2n) is 6.98. The molecule has 2 heterocycles. The van der Waals surface area contributed by atoms with E-state index in [1.165, 1.54) is 39.6 Å². The lowest BCUT2D eigenvalue weighted by atomic mass is 9.89. The van der Waals surface area contributed by atoms with Crippen LogP contribution in [0.25, 0.3) is 5.57 Å². The smallest absolute Gasteiger partial charge is 0.281 e. The summed E-state index contributed by atoms with van der Waals surface area (Å²) in [6, 6.07) is 10.4. The summed E-state index contributed by atoms with van der Waals surface area (Å²) in [7, 11) is 0. The van der Waals surface area contributed by atoms with Gasteiger partial charge in [0, 0.05) is 29.9 Å². The molecule has 4 rings (SSSR count). The highest BCUT2D eigenvalue weighted by molar-refractivity contribution is 8.13. The molecular weight excluding hydrogens is 376 g/mol. The zero-order valence-electron chi connectivity index (χ0n) is 15.5. The molecule has 1 aliphatic heterocycles. The topological polar surface area (TPSA) is 33.2 Å². The van der Waals surface area contributed by atoms with Gasteiger partial charge in [-0.25, -0.2) is 0 Å². The molecule has 0 atom stereocenters. The Bertz CT molecular complexity index is 899. The molecule has 0 radical (unpaired) electrons. The van der Waals surface area contributed by atoms with E-state index < -0.39 is 0 Å². The summed E-state index contributed by atoms with van der Waals surface area (Å²) in [5, 5.41) is 0.988. The highest BCUT2D eigenvalue weighted by Gasteiger charge is 2.26. The molecule has 2 aliphatic rings. The number of rotatable bonds is 1. The zero-order valence-corrected chi connectivity index (χ0v) is 17.1. The summed E-state index contributed by atoms with van der Waals surface area (Å²) in [6.07, 6.45) is 5.65. The number of piperidine rings is 1. The number of likely N-dealkylation sites (tertiary alicyclic amines) is 1. The monoisotopic (exact) mass is 398 g/mol. The summed E-state index contributed by atoms with van der Waals surface area (Å²) in [4.78, 5) is 19.0. The number of hydrogen-bond donors (Lipinski definition) is 0. The lowest BCUT2D eigenvalue weighted by Crippen LogP contribution is -2.34. The normalized spacial score (nSPS) is 16.6. The van der Waals surface area contributed by atoms with Gasteiger partial charge in [0.1, 0.15) is 0 Å². The van der Waals surface area contributed by atoms with Crippen molar-refractivity contribution in [2.75, 3.05) is 18.8 Å². The number of carbonyl (C=O) groups excluding carboxylic acids is 1. The van der Waals surface area contributed by atoms with Gasteiger partial charge in [-0.1, -0.05) is 48.0 Å². The Balaban J connectivity index is 1.76. The number of amides is 1. The van der Waals surface area contributed by atoms with E-state index in [1.54, 1.807) is 0 Å². The quantitative estimate of drug-likeness (QED) is 0.626. The van der Waals surface area contributed by atoms with E-state index >= 15 is 0 Å². The number of nitrogens with zero attached hydrogens (tertiary/aromatic N) is 2. The van der Waals surface area contributed by atoms with E-state index in [0.717, 1.165) is 55.2 Å². The van der Waals surface area contributed by atoms with Gasteiger partial charge in [-0.2, -0.15) is 0 Å². The number of pyridine rings is 1. The first-order valence-electron chi connectivity index (χ1n) is 9.54. The van der Waals surface area contributed by atoms with Crippen LogP contribution in [0.5, 0.6) is 0 Å².